The first-order chi connectivity index (χ1) is 10.6. The van der Waals surface area contributed by atoms with Gasteiger partial charge in [0.15, 0.2) is 6.04 Å². The zero-order valence-corrected chi connectivity index (χ0v) is 13.0. The fourth-order valence-electron chi connectivity index (χ4n) is 2.24. The molecular formula is C18H22FN2O+. The van der Waals surface area contributed by atoms with Gasteiger partial charge in [-0.1, -0.05) is 42.5 Å². The second-order valence-electron chi connectivity index (χ2n) is 5.57. The third-order valence-corrected chi connectivity index (χ3v) is 3.84. The molecule has 0 aromatic heterocycles. The summed E-state index contributed by atoms with van der Waals surface area (Å²) in [5.41, 5.74) is 2.10. The SMILES string of the molecule is C[C@@H](C(=O)NCc1ccc(F)cc1)[NH+](C)Cc1ccccc1. The second-order valence-corrected chi connectivity index (χ2v) is 5.57. The lowest BCUT2D eigenvalue weighted by atomic mass is 10.2. The Morgan fingerprint density at radius 1 is 1.09 bits per heavy atom. The van der Waals surface area contributed by atoms with Crippen LogP contribution in [-0.2, 0) is 17.9 Å². The predicted octanol–water partition coefficient (Wildman–Crippen LogP) is 1.55. The monoisotopic (exact) mass is 301 g/mol. The Kier molecular flexibility index (Phi) is 5.67. The topological polar surface area (TPSA) is 33.5 Å². The number of nitrogens with one attached hydrogen (secondary N) is 2. The maximum absolute atomic E-state index is 12.8. The van der Waals surface area contributed by atoms with Crippen LogP contribution < -0.4 is 10.2 Å². The molecule has 0 radical (unpaired) electrons. The third-order valence-electron chi connectivity index (χ3n) is 3.84. The van der Waals surface area contributed by atoms with E-state index in [2.05, 4.69) is 17.4 Å². The van der Waals surface area contributed by atoms with Crippen LogP contribution in [0.2, 0.25) is 0 Å². The second kappa shape index (κ2) is 7.71. The van der Waals surface area contributed by atoms with Gasteiger partial charge in [-0.15, -0.1) is 0 Å². The Labute approximate surface area is 130 Å². The van der Waals surface area contributed by atoms with Crippen LogP contribution >= 0.6 is 0 Å². The van der Waals surface area contributed by atoms with Gasteiger partial charge < -0.3 is 10.2 Å². The number of rotatable bonds is 6. The summed E-state index contributed by atoms with van der Waals surface area (Å²) >= 11 is 0. The number of benzene rings is 2. The van der Waals surface area contributed by atoms with Crippen molar-refractivity contribution in [1.29, 1.82) is 0 Å². The number of hydrogen-bond acceptors (Lipinski definition) is 1. The summed E-state index contributed by atoms with van der Waals surface area (Å²) in [4.78, 5) is 13.3. The Morgan fingerprint density at radius 2 is 1.73 bits per heavy atom. The zero-order chi connectivity index (χ0) is 15.9. The third kappa shape index (κ3) is 4.67. The minimum atomic E-state index is -0.268. The van der Waals surface area contributed by atoms with Crippen LogP contribution in [0.25, 0.3) is 0 Å². The standard InChI is InChI=1S/C18H21FN2O/c1-14(21(2)13-16-6-4-3-5-7-16)18(22)20-12-15-8-10-17(19)11-9-15/h3-11,14H,12-13H2,1-2H3,(H,20,22)/p+1/t14-/m0/s1. The molecule has 116 valence electrons. The molecule has 0 aliphatic carbocycles. The highest BCUT2D eigenvalue weighted by atomic mass is 19.1. The van der Waals surface area contributed by atoms with Crippen molar-refractivity contribution in [3.63, 3.8) is 0 Å². The lowest BCUT2D eigenvalue weighted by Crippen LogP contribution is -3.12. The number of hydrogen-bond donors (Lipinski definition) is 2. The highest BCUT2D eigenvalue weighted by Gasteiger charge is 2.21. The summed E-state index contributed by atoms with van der Waals surface area (Å²) in [7, 11) is 2.01. The van der Waals surface area contributed by atoms with E-state index in [1.165, 1.54) is 17.7 Å². The number of halogens is 1. The van der Waals surface area contributed by atoms with Gasteiger partial charge in [0.25, 0.3) is 5.91 Å². The molecule has 2 aromatic rings. The van der Waals surface area contributed by atoms with Gasteiger partial charge in [0.2, 0.25) is 0 Å². The molecule has 0 aliphatic heterocycles. The molecular weight excluding hydrogens is 279 g/mol. The van der Waals surface area contributed by atoms with Crippen LogP contribution in [0.3, 0.4) is 0 Å². The van der Waals surface area contributed by atoms with E-state index in [1.54, 1.807) is 12.1 Å². The van der Waals surface area contributed by atoms with E-state index in [1.807, 2.05) is 32.2 Å². The molecule has 0 bridgehead atoms. The summed E-state index contributed by atoms with van der Waals surface area (Å²) in [6, 6.07) is 16.1. The van der Waals surface area contributed by atoms with Crippen LogP contribution in [0.5, 0.6) is 0 Å². The smallest absolute Gasteiger partial charge is 0.278 e. The molecule has 1 amide bonds. The van der Waals surface area contributed by atoms with E-state index in [9.17, 15) is 9.18 Å². The Morgan fingerprint density at radius 3 is 2.36 bits per heavy atom. The van der Waals surface area contributed by atoms with Crippen molar-refractivity contribution in [2.45, 2.75) is 26.1 Å². The van der Waals surface area contributed by atoms with Gasteiger partial charge >= 0.3 is 0 Å². The number of quaternary nitrogens is 1. The summed E-state index contributed by atoms with van der Waals surface area (Å²) in [6.45, 7) is 3.13. The number of carbonyl (C=O) groups excluding carboxylic acids is 1. The molecule has 0 spiro atoms. The quantitative estimate of drug-likeness (QED) is 0.834. The maximum Gasteiger partial charge on any atom is 0.278 e. The zero-order valence-electron chi connectivity index (χ0n) is 13.0. The Bertz CT molecular complexity index is 598. The van der Waals surface area contributed by atoms with Crippen molar-refractivity contribution in [3.05, 3.63) is 71.5 Å². The van der Waals surface area contributed by atoms with Crippen LogP contribution in [0.4, 0.5) is 4.39 Å². The Balaban J connectivity index is 1.84. The van der Waals surface area contributed by atoms with Crippen LogP contribution in [0.15, 0.2) is 54.6 Å². The normalized spacial score (nSPS) is 13.4. The fourth-order valence-corrected chi connectivity index (χ4v) is 2.24. The summed E-state index contributed by atoms with van der Waals surface area (Å²) in [5, 5.41) is 2.90. The summed E-state index contributed by atoms with van der Waals surface area (Å²) < 4.78 is 12.8. The predicted molar refractivity (Wildman–Crippen MR) is 84.7 cm³/mol. The molecule has 2 aromatic carbocycles. The highest BCUT2D eigenvalue weighted by molar-refractivity contribution is 5.79. The molecule has 2 atom stereocenters. The molecule has 0 saturated heterocycles. The van der Waals surface area contributed by atoms with E-state index in [-0.39, 0.29) is 17.8 Å². The van der Waals surface area contributed by atoms with Crippen molar-refractivity contribution in [1.82, 2.24) is 5.32 Å². The van der Waals surface area contributed by atoms with E-state index < -0.39 is 0 Å². The summed E-state index contributed by atoms with van der Waals surface area (Å²) in [5.74, 6) is -0.270. The number of amides is 1. The van der Waals surface area contributed by atoms with Crippen molar-refractivity contribution < 1.29 is 14.1 Å². The molecule has 1 unspecified atom stereocenters. The lowest BCUT2D eigenvalue weighted by molar-refractivity contribution is -0.908. The van der Waals surface area contributed by atoms with Gasteiger partial charge in [-0.25, -0.2) is 4.39 Å². The van der Waals surface area contributed by atoms with E-state index >= 15 is 0 Å². The van der Waals surface area contributed by atoms with Gasteiger partial charge in [0.1, 0.15) is 12.4 Å². The highest BCUT2D eigenvalue weighted by Crippen LogP contribution is 2.02. The first kappa shape index (κ1) is 16.2. The van der Waals surface area contributed by atoms with Crippen LogP contribution in [-0.4, -0.2) is 19.0 Å². The molecule has 4 heteroatoms. The molecule has 22 heavy (non-hydrogen) atoms. The largest absolute Gasteiger partial charge is 0.347 e. The minimum Gasteiger partial charge on any atom is -0.347 e. The number of carbonyl (C=O) groups is 1. The average molecular weight is 301 g/mol. The van der Waals surface area contributed by atoms with Gasteiger partial charge in [0.05, 0.1) is 7.05 Å². The fraction of sp³-hybridized carbons (Fsp3) is 0.278. The van der Waals surface area contributed by atoms with Crippen molar-refractivity contribution in [2.24, 2.45) is 0 Å². The summed E-state index contributed by atoms with van der Waals surface area (Å²) in [6.07, 6.45) is 0. The minimum absolute atomic E-state index is 0.00208. The molecule has 3 nitrogen and oxygen atoms in total. The van der Waals surface area contributed by atoms with Gasteiger partial charge in [-0.05, 0) is 24.6 Å². The van der Waals surface area contributed by atoms with E-state index in [0.717, 1.165) is 17.0 Å². The van der Waals surface area contributed by atoms with E-state index in [4.69, 9.17) is 0 Å². The Hall–Kier alpha value is -2.20. The van der Waals surface area contributed by atoms with Crippen molar-refractivity contribution >= 4 is 5.91 Å². The van der Waals surface area contributed by atoms with Gasteiger partial charge in [0, 0.05) is 12.1 Å². The van der Waals surface area contributed by atoms with Crippen molar-refractivity contribution in [2.75, 3.05) is 7.05 Å². The van der Waals surface area contributed by atoms with E-state index in [0.29, 0.717) is 6.54 Å². The first-order valence-corrected chi connectivity index (χ1v) is 7.44. The lowest BCUT2D eigenvalue weighted by Gasteiger charge is -2.21. The van der Waals surface area contributed by atoms with Crippen molar-refractivity contribution in [3.8, 4) is 0 Å². The molecule has 0 aliphatic rings. The van der Waals surface area contributed by atoms with Crippen LogP contribution in [0, 0.1) is 5.82 Å². The van der Waals surface area contributed by atoms with Gasteiger partial charge in [-0.2, -0.15) is 0 Å². The first-order valence-electron chi connectivity index (χ1n) is 7.44. The molecule has 0 saturated carbocycles. The average Bonchev–Trinajstić information content (AvgIpc) is 2.54. The number of likely N-dealkylation sites (N-methyl/N-ethyl adjacent to an activating group) is 1. The molecule has 0 fully saturated rings. The van der Waals surface area contributed by atoms with Gasteiger partial charge in [-0.3, -0.25) is 4.79 Å². The maximum atomic E-state index is 12.8. The molecule has 0 heterocycles. The molecule has 2 rings (SSSR count). The molecule has 2 N–H and O–H groups in total. The van der Waals surface area contributed by atoms with Crippen LogP contribution in [0.1, 0.15) is 18.1 Å².